The number of hydrogen-bond donors (Lipinski definition) is 1. The van der Waals surface area contributed by atoms with Gasteiger partial charge in [-0.3, -0.25) is 4.90 Å². The van der Waals surface area contributed by atoms with Crippen molar-refractivity contribution >= 4 is 39.7 Å². The van der Waals surface area contributed by atoms with Gasteiger partial charge in [0.05, 0.1) is 30.0 Å². The van der Waals surface area contributed by atoms with Gasteiger partial charge in [-0.15, -0.1) is 0 Å². The molecule has 0 atom stereocenters. The molecular weight excluding hydrogens is 449 g/mol. The zero-order valence-electron chi connectivity index (χ0n) is 18.5. The highest BCUT2D eigenvalue weighted by Gasteiger charge is 2.18. The van der Waals surface area contributed by atoms with Gasteiger partial charge in [-0.2, -0.15) is 0 Å². The van der Waals surface area contributed by atoms with Gasteiger partial charge in [-0.05, 0) is 30.7 Å². The Kier molecular flexibility index (Phi) is 7.41. The summed E-state index contributed by atoms with van der Waals surface area (Å²) in [6, 6.07) is 8.06. The maximum absolute atomic E-state index is 13.5. The van der Waals surface area contributed by atoms with Crippen LogP contribution in [0, 0.1) is 5.82 Å². The van der Waals surface area contributed by atoms with E-state index in [1.165, 1.54) is 18.5 Å². The van der Waals surface area contributed by atoms with E-state index in [4.69, 9.17) is 25.9 Å². The number of likely N-dealkylation sites (tertiary alicyclic amines) is 1. The van der Waals surface area contributed by atoms with Crippen LogP contribution >= 0.6 is 11.6 Å². The van der Waals surface area contributed by atoms with E-state index in [1.807, 2.05) is 12.1 Å². The molecule has 1 saturated heterocycles. The van der Waals surface area contributed by atoms with Crippen LogP contribution in [0.4, 0.5) is 15.9 Å². The molecular formula is C23H25ClFN5O3. The predicted octanol–water partition coefficient (Wildman–Crippen LogP) is 4.65. The van der Waals surface area contributed by atoms with E-state index in [9.17, 15) is 4.39 Å². The third kappa shape index (κ3) is 5.61. The number of fused-ring (bicyclic) bond motifs is 1. The molecule has 174 valence electrons. The Morgan fingerprint density at radius 1 is 1.18 bits per heavy atom. The number of hydrogen-bond acceptors (Lipinski definition) is 8. The number of ether oxygens (including phenoxy) is 2. The lowest BCUT2D eigenvalue weighted by atomic mass is 10.2. The largest absolute Gasteiger partial charge is 0.493 e. The first-order valence-electron chi connectivity index (χ1n) is 10.6. The maximum atomic E-state index is 13.5. The Morgan fingerprint density at radius 3 is 2.85 bits per heavy atom. The van der Waals surface area contributed by atoms with Crippen LogP contribution in [0.2, 0.25) is 5.02 Å². The second kappa shape index (κ2) is 10.6. The second-order valence-electron chi connectivity index (χ2n) is 7.56. The van der Waals surface area contributed by atoms with Crippen molar-refractivity contribution in [1.82, 2.24) is 14.9 Å². The lowest BCUT2D eigenvalue weighted by Gasteiger charge is -2.16. The zero-order valence-corrected chi connectivity index (χ0v) is 19.2. The quantitative estimate of drug-likeness (QED) is 0.358. The molecule has 33 heavy (non-hydrogen) atoms. The molecule has 0 aliphatic carbocycles. The van der Waals surface area contributed by atoms with Crippen molar-refractivity contribution in [2.45, 2.75) is 12.8 Å². The van der Waals surface area contributed by atoms with Crippen LogP contribution in [-0.2, 0) is 4.84 Å². The summed E-state index contributed by atoms with van der Waals surface area (Å²) in [6.45, 7) is 3.23. The monoisotopic (exact) mass is 473 g/mol. The SMILES string of the molecule is CO/N=C1\CCN(CCCOc2cc3c(Nc4ccc(F)c(Cl)c4)ncnc3cc2OC)C1. The maximum Gasteiger partial charge on any atom is 0.162 e. The Hall–Kier alpha value is -3.17. The van der Waals surface area contributed by atoms with Crippen LogP contribution in [0.25, 0.3) is 10.9 Å². The fraction of sp³-hybridized carbons (Fsp3) is 0.348. The molecule has 1 aromatic heterocycles. The number of nitrogens with zero attached hydrogens (tertiary/aromatic N) is 4. The van der Waals surface area contributed by atoms with Gasteiger partial charge in [0.25, 0.3) is 0 Å². The molecule has 4 rings (SSSR count). The summed E-state index contributed by atoms with van der Waals surface area (Å²) in [5, 5.41) is 7.98. The highest BCUT2D eigenvalue weighted by Crippen LogP contribution is 2.35. The molecule has 10 heteroatoms. The van der Waals surface area contributed by atoms with E-state index in [0.29, 0.717) is 35.1 Å². The molecule has 2 heterocycles. The molecule has 0 unspecified atom stereocenters. The second-order valence-corrected chi connectivity index (χ2v) is 7.97. The average molecular weight is 474 g/mol. The highest BCUT2D eigenvalue weighted by atomic mass is 35.5. The first-order chi connectivity index (χ1) is 16.1. The first-order valence-corrected chi connectivity index (χ1v) is 10.9. The first kappa shape index (κ1) is 23.0. The average Bonchev–Trinajstić information content (AvgIpc) is 3.26. The van der Waals surface area contributed by atoms with Gasteiger partial charge in [-0.1, -0.05) is 16.8 Å². The van der Waals surface area contributed by atoms with Crippen molar-refractivity contribution in [3.05, 3.63) is 47.5 Å². The van der Waals surface area contributed by atoms with E-state index in [-0.39, 0.29) is 5.02 Å². The molecule has 3 aromatic rings. The molecule has 1 fully saturated rings. The lowest BCUT2D eigenvalue weighted by Crippen LogP contribution is -2.23. The molecule has 0 bridgehead atoms. The van der Waals surface area contributed by atoms with Gasteiger partial charge in [0.1, 0.15) is 25.1 Å². The van der Waals surface area contributed by atoms with E-state index in [0.717, 1.165) is 43.6 Å². The Balaban J connectivity index is 1.46. The third-order valence-electron chi connectivity index (χ3n) is 5.32. The van der Waals surface area contributed by atoms with Crippen LogP contribution in [0.3, 0.4) is 0 Å². The van der Waals surface area contributed by atoms with E-state index >= 15 is 0 Å². The van der Waals surface area contributed by atoms with E-state index in [1.54, 1.807) is 20.3 Å². The molecule has 1 aliphatic rings. The summed E-state index contributed by atoms with van der Waals surface area (Å²) in [6.07, 6.45) is 3.24. The fourth-order valence-corrected chi connectivity index (χ4v) is 3.90. The van der Waals surface area contributed by atoms with Crippen molar-refractivity contribution in [3.63, 3.8) is 0 Å². The van der Waals surface area contributed by atoms with Crippen molar-refractivity contribution in [2.75, 3.05) is 45.8 Å². The molecule has 0 saturated carbocycles. The number of methoxy groups -OCH3 is 1. The van der Waals surface area contributed by atoms with Crippen LogP contribution < -0.4 is 14.8 Å². The van der Waals surface area contributed by atoms with Crippen LogP contribution in [0.5, 0.6) is 11.5 Å². The normalized spacial score (nSPS) is 15.2. The Bertz CT molecular complexity index is 1160. The number of aromatic nitrogens is 2. The zero-order chi connectivity index (χ0) is 23.2. The molecule has 2 aromatic carbocycles. The van der Waals surface area contributed by atoms with Gasteiger partial charge in [0, 0.05) is 43.2 Å². The summed E-state index contributed by atoms with van der Waals surface area (Å²) in [4.78, 5) is 15.9. The molecule has 1 aliphatic heterocycles. The Morgan fingerprint density at radius 2 is 2.06 bits per heavy atom. The van der Waals surface area contributed by atoms with Gasteiger partial charge in [0.15, 0.2) is 11.5 Å². The summed E-state index contributed by atoms with van der Waals surface area (Å²) < 4.78 is 25.1. The number of anilines is 2. The van der Waals surface area contributed by atoms with Gasteiger partial charge in [0.2, 0.25) is 0 Å². The minimum absolute atomic E-state index is 0.0302. The molecule has 8 nitrogen and oxygen atoms in total. The number of halogens is 2. The summed E-state index contributed by atoms with van der Waals surface area (Å²) in [7, 11) is 3.16. The number of nitrogens with one attached hydrogen (secondary N) is 1. The van der Waals surface area contributed by atoms with E-state index < -0.39 is 5.82 Å². The summed E-state index contributed by atoms with van der Waals surface area (Å²) in [5.74, 6) is 1.26. The predicted molar refractivity (Wildman–Crippen MR) is 126 cm³/mol. The van der Waals surface area contributed by atoms with Gasteiger partial charge >= 0.3 is 0 Å². The van der Waals surface area contributed by atoms with Crippen LogP contribution in [0.1, 0.15) is 12.8 Å². The molecule has 1 N–H and O–H groups in total. The number of oxime groups is 1. The van der Waals surface area contributed by atoms with Crippen molar-refractivity contribution in [2.24, 2.45) is 5.16 Å². The molecule has 0 spiro atoms. The van der Waals surface area contributed by atoms with Gasteiger partial charge < -0.3 is 19.6 Å². The number of benzene rings is 2. The van der Waals surface area contributed by atoms with Crippen molar-refractivity contribution < 1.29 is 18.7 Å². The summed E-state index contributed by atoms with van der Waals surface area (Å²) >= 11 is 5.90. The topological polar surface area (TPSA) is 81.1 Å². The summed E-state index contributed by atoms with van der Waals surface area (Å²) in [5.41, 5.74) is 2.37. The van der Waals surface area contributed by atoms with Crippen molar-refractivity contribution in [1.29, 1.82) is 0 Å². The van der Waals surface area contributed by atoms with E-state index in [2.05, 4.69) is 25.3 Å². The lowest BCUT2D eigenvalue weighted by molar-refractivity contribution is 0.212. The van der Waals surface area contributed by atoms with Crippen LogP contribution in [0.15, 0.2) is 41.8 Å². The molecule has 0 radical (unpaired) electrons. The minimum Gasteiger partial charge on any atom is -0.493 e. The Labute approximate surface area is 196 Å². The van der Waals surface area contributed by atoms with Crippen LogP contribution in [-0.4, -0.2) is 61.0 Å². The minimum atomic E-state index is -0.480. The van der Waals surface area contributed by atoms with Crippen molar-refractivity contribution in [3.8, 4) is 11.5 Å². The highest BCUT2D eigenvalue weighted by molar-refractivity contribution is 6.31. The fourth-order valence-electron chi connectivity index (χ4n) is 3.71. The molecule has 0 amide bonds. The van der Waals surface area contributed by atoms with Gasteiger partial charge in [-0.25, -0.2) is 14.4 Å². The third-order valence-corrected chi connectivity index (χ3v) is 5.61. The standard InChI is InChI=1S/C23H25ClFN5O3/c1-31-21-12-20-17(23(27-14-26-20)28-15-4-5-19(25)18(24)10-15)11-22(21)33-9-3-7-30-8-6-16(13-30)29-32-2/h4-5,10-12,14H,3,6-9,13H2,1-2H3,(H,26,27,28)/b29-16+. The number of rotatable bonds is 9. The smallest absolute Gasteiger partial charge is 0.162 e.